The van der Waals surface area contributed by atoms with Crippen LogP contribution in [-0.2, 0) is 19.4 Å². The van der Waals surface area contributed by atoms with Gasteiger partial charge in [0.1, 0.15) is 5.75 Å². The lowest BCUT2D eigenvalue weighted by Crippen LogP contribution is -2.02. The van der Waals surface area contributed by atoms with E-state index in [0.717, 1.165) is 29.3 Å². The number of rotatable bonds is 7. The molecule has 0 spiro atoms. The van der Waals surface area contributed by atoms with Crippen molar-refractivity contribution in [1.29, 1.82) is 0 Å². The second-order valence-corrected chi connectivity index (χ2v) is 6.53. The molecular formula is C17H24N2OS. The average Bonchev–Trinajstić information content (AvgIpc) is 2.90. The Morgan fingerprint density at radius 2 is 2.14 bits per heavy atom. The summed E-state index contributed by atoms with van der Waals surface area (Å²) in [5, 5.41) is 1.12. The molecule has 4 heteroatoms. The molecule has 3 nitrogen and oxygen atoms in total. The molecular weight excluding hydrogens is 280 g/mol. The van der Waals surface area contributed by atoms with Crippen LogP contribution in [0.1, 0.15) is 47.8 Å². The summed E-state index contributed by atoms with van der Waals surface area (Å²) < 4.78 is 5.85. The molecule has 0 saturated carbocycles. The highest BCUT2D eigenvalue weighted by atomic mass is 32.1. The molecule has 114 valence electrons. The van der Waals surface area contributed by atoms with Gasteiger partial charge in [-0.3, -0.25) is 0 Å². The fraction of sp³-hybridized carbons (Fsp3) is 0.471. The van der Waals surface area contributed by atoms with Crippen LogP contribution in [0, 0.1) is 0 Å². The highest BCUT2D eigenvalue weighted by molar-refractivity contribution is 7.11. The first-order valence-electron chi connectivity index (χ1n) is 7.54. The van der Waals surface area contributed by atoms with Crippen LogP contribution < -0.4 is 10.5 Å². The molecule has 2 rings (SSSR count). The highest BCUT2D eigenvalue weighted by Gasteiger charge is 2.08. The van der Waals surface area contributed by atoms with Crippen LogP contribution in [0.3, 0.4) is 0 Å². The zero-order valence-corrected chi connectivity index (χ0v) is 13.9. The molecule has 0 bridgehead atoms. The van der Waals surface area contributed by atoms with Gasteiger partial charge in [0.25, 0.3) is 0 Å². The van der Waals surface area contributed by atoms with E-state index in [0.29, 0.717) is 19.1 Å². The first-order chi connectivity index (χ1) is 10.1. The summed E-state index contributed by atoms with van der Waals surface area (Å²) in [6.45, 7) is 7.73. The van der Waals surface area contributed by atoms with Crippen molar-refractivity contribution in [3.8, 4) is 5.75 Å². The number of benzene rings is 1. The third-order valence-electron chi connectivity index (χ3n) is 3.45. The Labute approximate surface area is 131 Å². The summed E-state index contributed by atoms with van der Waals surface area (Å²) in [7, 11) is 0. The van der Waals surface area contributed by atoms with Crippen molar-refractivity contribution < 1.29 is 4.74 Å². The molecule has 21 heavy (non-hydrogen) atoms. The minimum Gasteiger partial charge on any atom is -0.493 e. The molecule has 2 aromatic rings. The smallest absolute Gasteiger partial charge is 0.119 e. The van der Waals surface area contributed by atoms with Crippen molar-refractivity contribution in [2.24, 2.45) is 5.73 Å². The van der Waals surface area contributed by atoms with Crippen molar-refractivity contribution in [3.63, 3.8) is 0 Å². The monoisotopic (exact) mass is 304 g/mol. The van der Waals surface area contributed by atoms with E-state index in [1.165, 1.54) is 10.4 Å². The SMILES string of the molecule is CCc1nc(CCOc2cccc(C(C)C)c2)sc1CN. The van der Waals surface area contributed by atoms with Crippen LogP contribution >= 0.6 is 11.3 Å². The predicted octanol–water partition coefficient (Wildman–Crippen LogP) is 3.91. The summed E-state index contributed by atoms with van der Waals surface area (Å²) >= 11 is 1.71. The maximum atomic E-state index is 5.85. The van der Waals surface area contributed by atoms with Crippen LogP contribution in [0.25, 0.3) is 0 Å². The molecule has 1 aromatic heterocycles. The third kappa shape index (κ3) is 4.29. The number of nitrogens with zero attached hydrogens (tertiary/aromatic N) is 1. The molecule has 0 radical (unpaired) electrons. The normalized spacial score (nSPS) is 11.1. The van der Waals surface area contributed by atoms with Crippen LogP contribution in [0.15, 0.2) is 24.3 Å². The van der Waals surface area contributed by atoms with E-state index in [2.05, 4.69) is 44.0 Å². The van der Waals surface area contributed by atoms with Crippen LogP contribution in [0.2, 0.25) is 0 Å². The Morgan fingerprint density at radius 1 is 1.33 bits per heavy atom. The zero-order chi connectivity index (χ0) is 15.2. The molecule has 0 aliphatic heterocycles. The van der Waals surface area contributed by atoms with E-state index < -0.39 is 0 Å². The van der Waals surface area contributed by atoms with E-state index in [4.69, 9.17) is 10.5 Å². The Hall–Kier alpha value is -1.39. The van der Waals surface area contributed by atoms with Gasteiger partial charge in [-0.2, -0.15) is 0 Å². The van der Waals surface area contributed by atoms with E-state index in [1.807, 2.05) is 6.07 Å². The van der Waals surface area contributed by atoms with Crippen molar-refractivity contribution in [2.75, 3.05) is 6.61 Å². The Morgan fingerprint density at radius 3 is 2.76 bits per heavy atom. The highest BCUT2D eigenvalue weighted by Crippen LogP contribution is 2.22. The van der Waals surface area contributed by atoms with E-state index in [-0.39, 0.29) is 0 Å². The number of nitrogens with two attached hydrogens (primary N) is 1. The standard InChI is InChI=1S/C17H24N2OS/c1-4-15-16(11-18)21-17(19-15)8-9-20-14-7-5-6-13(10-14)12(2)3/h5-7,10,12H,4,8-9,11,18H2,1-3H3. The van der Waals surface area contributed by atoms with Gasteiger partial charge in [-0.1, -0.05) is 32.9 Å². The topological polar surface area (TPSA) is 48.1 Å². The first kappa shape index (κ1) is 16.0. The van der Waals surface area contributed by atoms with Gasteiger partial charge in [0.15, 0.2) is 0 Å². The van der Waals surface area contributed by atoms with Crippen molar-refractivity contribution in [3.05, 3.63) is 45.4 Å². The summed E-state index contributed by atoms with van der Waals surface area (Å²) in [5.74, 6) is 1.46. The molecule has 0 aliphatic rings. The first-order valence-corrected chi connectivity index (χ1v) is 8.36. The van der Waals surface area contributed by atoms with Crippen molar-refractivity contribution in [2.45, 2.75) is 46.1 Å². The lowest BCUT2D eigenvalue weighted by Gasteiger charge is -2.09. The molecule has 0 saturated heterocycles. The van der Waals surface area contributed by atoms with Crippen molar-refractivity contribution in [1.82, 2.24) is 4.98 Å². The minimum absolute atomic E-state index is 0.520. The molecule has 1 aromatic carbocycles. The summed E-state index contributed by atoms with van der Waals surface area (Å²) in [6.07, 6.45) is 1.78. The zero-order valence-electron chi connectivity index (χ0n) is 13.1. The fourth-order valence-electron chi connectivity index (χ4n) is 2.20. The van der Waals surface area contributed by atoms with Gasteiger partial charge in [0.2, 0.25) is 0 Å². The number of aryl methyl sites for hydroxylation is 1. The van der Waals surface area contributed by atoms with Gasteiger partial charge in [-0.25, -0.2) is 4.98 Å². The average molecular weight is 304 g/mol. The maximum absolute atomic E-state index is 5.85. The number of aromatic nitrogens is 1. The van der Waals surface area contributed by atoms with Crippen molar-refractivity contribution >= 4 is 11.3 Å². The Bertz CT molecular complexity index is 556. The molecule has 2 N–H and O–H groups in total. The predicted molar refractivity (Wildman–Crippen MR) is 89.1 cm³/mol. The molecule has 0 aliphatic carbocycles. The van der Waals surface area contributed by atoms with Crippen LogP contribution in [0.4, 0.5) is 0 Å². The van der Waals surface area contributed by atoms with E-state index >= 15 is 0 Å². The lowest BCUT2D eigenvalue weighted by atomic mass is 10.0. The molecule has 0 unspecified atom stereocenters. The molecule has 1 heterocycles. The largest absolute Gasteiger partial charge is 0.493 e. The molecule has 0 fully saturated rings. The molecule has 0 atom stereocenters. The lowest BCUT2D eigenvalue weighted by molar-refractivity contribution is 0.321. The van der Waals surface area contributed by atoms with Gasteiger partial charge in [0, 0.05) is 17.8 Å². The van der Waals surface area contributed by atoms with Gasteiger partial charge in [0.05, 0.1) is 17.3 Å². The Kier molecular flexibility index (Phi) is 5.76. The van der Waals surface area contributed by atoms with Gasteiger partial charge >= 0.3 is 0 Å². The molecule has 0 amide bonds. The summed E-state index contributed by atoms with van der Waals surface area (Å²) in [6, 6.07) is 8.32. The summed E-state index contributed by atoms with van der Waals surface area (Å²) in [4.78, 5) is 5.84. The van der Waals surface area contributed by atoms with E-state index in [9.17, 15) is 0 Å². The number of hydrogen-bond acceptors (Lipinski definition) is 4. The number of ether oxygens (including phenoxy) is 1. The van der Waals surface area contributed by atoms with Crippen LogP contribution in [-0.4, -0.2) is 11.6 Å². The maximum Gasteiger partial charge on any atom is 0.119 e. The Balaban J connectivity index is 1.92. The van der Waals surface area contributed by atoms with Gasteiger partial charge < -0.3 is 10.5 Å². The second kappa shape index (κ2) is 7.57. The number of thiazole rings is 1. The second-order valence-electron chi connectivity index (χ2n) is 5.36. The minimum atomic E-state index is 0.520. The quantitative estimate of drug-likeness (QED) is 0.843. The number of hydrogen-bond donors (Lipinski definition) is 1. The van der Waals surface area contributed by atoms with Crippen LogP contribution in [0.5, 0.6) is 5.75 Å². The van der Waals surface area contributed by atoms with Gasteiger partial charge in [-0.05, 0) is 30.0 Å². The van der Waals surface area contributed by atoms with E-state index in [1.54, 1.807) is 11.3 Å². The third-order valence-corrected chi connectivity index (χ3v) is 4.63. The van der Waals surface area contributed by atoms with Gasteiger partial charge in [-0.15, -0.1) is 11.3 Å². The summed E-state index contributed by atoms with van der Waals surface area (Å²) in [5.41, 5.74) is 8.19. The fourth-order valence-corrected chi connectivity index (χ4v) is 3.22.